The SMILES string of the molecule is CCCCCCCOc1cccc(F)c1C(C)NCC. The van der Waals surface area contributed by atoms with Gasteiger partial charge in [-0.25, -0.2) is 4.39 Å². The van der Waals surface area contributed by atoms with Crippen LogP contribution in [0.3, 0.4) is 0 Å². The Labute approximate surface area is 122 Å². The molecule has 0 saturated carbocycles. The Hall–Kier alpha value is -1.09. The van der Waals surface area contributed by atoms with Crippen molar-refractivity contribution in [3.63, 3.8) is 0 Å². The van der Waals surface area contributed by atoms with Crippen LogP contribution in [0.1, 0.15) is 64.5 Å². The first-order chi connectivity index (χ1) is 9.70. The normalized spacial score (nSPS) is 12.4. The molecule has 0 amide bonds. The third kappa shape index (κ3) is 5.49. The number of unbranched alkanes of at least 4 members (excludes halogenated alkanes) is 4. The summed E-state index contributed by atoms with van der Waals surface area (Å²) in [5.74, 6) is 0.482. The second-order valence-corrected chi connectivity index (χ2v) is 5.19. The summed E-state index contributed by atoms with van der Waals surface area (Å²) in [6.07, 6.45) is 5.99. The molecule has 1 aromatic rings. The smallest absolute Gasteiger partial charge is 0.131 e. The fraction of sp³-hybridized carbons (Fsp3) is 0.647. The van der Waals surface area contributed by atoms with Crippen molar-refractivity contribution in [2.45, 2.75) is 58.9 Å². The predicted molar refractivity (Wildman–Crippen MR) is 82.7 cm³/mol. The second kappa shape index (κ2) is 9.76. The van der Waals surface area contributed by atoms with E-state index in [-0.39, 0.29) is 11.9 Å². The standard InChI is InChI=1S/C17H28FNO/c1-4-6-7-8-9-13-20-16-12-10-11-15(18)17(16)14(3)19-5-2/h10-12,14,19H,4-9,13H2,1-3H3. The lowest BCUT2D eigenvalue weighted by atomic mass is 10.1. The van der Waals surface area contributed by atoms with Gasteiger partial charge in [0, 0.05) is 11.6 Å². The molecule has 0 bridgehead atoms. The summed E-state index contributed by atoms with van der Waals surface area (Å²) in [4.78, 5) is 0. The topological polar surface area (TPSA) is 21.3 Å². The maximum absolute atomic E-state index is 14.0. The summed E-state index contributed by atoms with van der Waals surface area (Å²) >= 11 is 0. The van der Waals surface area contributed by atoms with E-state index in [2.05, 4.69) is 12.2 Å². The van der Waals surface area contributed by atoms with Gasteiger partial charge in [-0.1, -0.05) is 45.6 Å². The lowest BCUT2D eigenvalue weighted by Gasteiger charge is -2.18. The molecule has 0 spiro atoms. The van der Waals surface area contributed by atoms with Gasteiger partial charge in [-0.05, 0) is 32.0 Å². The van der Waals surface area contributed by atoms with E-state index in [4.69, 9.17) is 4.74 Å². The van der Waals surface area contributed by atoms with Gasteiger partial charge < -0.3 is 10.1 Å². The molecule has 0 fully saturated rings. The van der Waals surface area contributed by atoms with Gasteiger partial charge in [0.15, 0.2) is 0 Å². The second-order valence-electron chi connectivity index (χ2n) is 5.19. The van der Waals surface area contributed by atoms with Crippen LogP contribution in [0.5, 0.6) is 5.75 Å². The molecule has 3 heteroatoms. The van der Waals surface area contributed by atoms with Crippen molar-refractivity contribution in [1.29, 1.82) is 0 Å². The Balaban J connectivity index is 2.54. The van der Waals surface area contributed by atoms with Gasteiger partial charge in [0.05, 0.1) is 6.61 Å². The lowest BCUT2D eigenvalue weighted by Crippen LogP contribution is -2.20. The molecule has 0 aliphatic carbocycles. The molecule has 0 saturated heterocycles. The summed E-state index contributed by atoms with van der Waals surface area (Å²) in [5, 5.41) is 3.24. The van der Waals surface area contributed by atoms with E-state index < -0.39 is 0 Å². The van der Waals surface area contributed by atoms with Gasteiger partial charge in [-0.3, -0.25) is 0 Å². The molecule has 1 rings (SSSR count). The molecule has 1 atom stereocenters. The minimum absolute atomic E-state index is 0.0312. The van der Waals surface area contributed by atoms with E-state index in [9.17, 15) is 4.39 Å². The minimum atomic E-state index is -0.193. The molecule has 1 unspecified atom stereocenters. The van der Waals surface area contributed by atoms with Crippen LogP contribution in [0.2, 0.25) is 0 Å². The molecule has 0 aliphatic heterocycles. The Morgan fingerprint density at radius 3 is 2.60 bits per heavy atom. The summed E-state index contributed by atoms with van der Waals surface area (Å²) in [6, 6.07) is 5.04. The molecule has 1 aromatic carbocycles. The van der Waals surface area contributed by atoms with Crippen molar-refractivity contribution in [2.75, 3.05) is 13.2 Å². The Morgan fingerprint density at radius 1 is 1.15 bits per heavy atom. The first-order valence-corrected chi connectivity index (χ1v) is 7.85. The van der Waals surface area contributed by atoms with Crippen molar-refractivity contribution in [2.24, 2.45) is 0 Å². The van der Waals surface area contributed by atoms with Crippen LogP contribution in [0.15, 0.2) is 18.2 Å². The van der Waals surface area contributed by atoms with Crippen molar-refractivity contribution < 1.29 is 9.13 Å². The van der Waals surface area contributed by atoms with E-state index in [1.54, 1.807) is 6.07 Å². The number of ether oxygens (including phenoxy) is 1. The third-order valence-corrected chi connectivity index (χ3v) is 3.46. The molecule has 0 aromatic heterocycles. The van der Waals surface area contributed by atoms with Crippen LogP contribution in [0.4, 0.5) is 4.39 Å². The van der Waals surface area contributed by atoms with E-state index in [0.29, 0.717) is 17.9 Å². The molecule has 2 nitrogen and oxygen atoms in total. The zero-order chi connectivity index (χ0) is 14.8. The fourth-order valence-electron chi connectivity index (χ4n) is 2.36. The van der Waals surface area contributed by atoms with Gasteiger partial charge in [0.1, 0.15) is 11.6 Å². The van der Waals surface area contributed by atoms with Crippen LogP contribution < -0.4 is 10.1 Å². The van der Waals surface area contributed by atoms with Crippen LogP contribution >= 0.6 is 0 Å². The number of rotatable bonds is 10. The highest BCUT2D eigenvalue weighted by molar-refractivity contribution is 5.37. The van der Waals surface area contributed by atoms with E-state index >= 15 is 0 Å². The molecule has 1 N–H and O–H groups in total. The van der Waals surface area contributed by atoms with Crippen LogP contribution in [-0.2, 0) is 0 Å². The maximum Gasteiger partial charge on any atom is 0.131 e. The van der Waals surface area contributed by atoms with Gasteiger partial charge >= 0.3 is 0 Å². The zero-order valence-corrected chi connectivity index (χ0v) is 13.0. The minimum Gasteiger partial charge on any atom is -0.493 e. The predicted octanol–water partition coefficient (Wildman–Crippen LogP) is 4.85. The highest BCUT2D eigenvalue weighted by atomic mass is 19.1. The molecule has 114 valence electrons. The van der Waals surface area contributed by atoms with Gasteiger partial charge in [-0.2, -0.15) is 0 Å². The van der Waals surface area contributed by atoms with Crippen LogP contribution in [0.25, 0.3) is 0 Å². The van der Waals surface area contributed by atoms with Crippen LogP contribution in [0, 0.1) is 5.82 Å². The Kier molecular flexibility index (Phi) is 8.28. The number of hydrogen-bond donors (Lipinski definition) is 1. The van der Waals surface area contributed by atoms with E-state index in [1.165, 1.54) is 31.7 Å². The average molecular weight is 281 g/mol. The Bertz CT molecular complexity index is 381. The largest absolute Gasteiger partial charge is 0.493 e. The summed E-state index contributed by atoms with van der Waals surface area (Å²) in [7, 11) is 0. The first-order valence-electron chi connectivity index (χ1n) is 7.85. The molecule has 0 radical (unpaired) electrons. The monoisotopic (exact) mass is 281 g/mol. The number of benzene rings is 1. The Morgan fingerprint density at radius 2 is 1.90 bits per heavy atom. The number of nitrogens with one attached hydrogen (secondary N) is 1. The molecule has 20 heavy (non-hydrogen) atoms. The maximum atomic E-state index is 14.0. The summed E-state index contributed by atoms with van der Waals surface area (Å²) < 4.78 is 19.8. The summed E-state index contributed by atoms with van der Waals surface area (Å²) in [5.41, 5.74) is 0.642. The lowest BCUT2D eigenvalue weighted by molar-refractivity contribution is 0.296. The number of hydrogen-bond acceptors (Lipinski definition) is 2. The quantitative estimate of drug-likeness (QED) is 0.619. The van der Waals surface area contributed by atoms with Crippen molar-refractivity contribution in [3.05, 3.63) is 29.6 Å². The zero-order valence-electron chi connectivity index (χ0n) is 13.0. The summed E-state index contributed by atoms with van der Waals surface area (Å²) in [6.45, 7) is 7.67. The average Bonchev–Trinajstić information content (AvgIpc) is 2.43. The van der Waals surface area contributed by atoms with Gasteiger partial charge in [-0.15, -0.1) is 0 Å². The van der Waals surface area contributed by atoms with Gasteiger partial charge in [0.25, 0.3) is 0 Å². The molecule has 0 heterocycles. The third-order valence-electron chi connectivity index (χ3n) is 3.46. The molecular formula is C17H28FNO. The van der Waals surface area contributed by atoms with E-state index in [0.717, 1.165) is 13.0 Å². The van der Waals surface area contributed by atoms with Crippen molar-refractivity contribution >= 4 is 0 Å². The first kappa shape index (κ1) is 17.0. The molecule has 0 aliphatic rings. The number of halogens is 1. The fourth-order valence-corrected chi connectivity index (χ4v) is 2.36. The van der Waals surface area contributed by atoms with Crippen molar-refractivity contribution in [1.82, 2.24) is 5.32 Å². The van der Waals surface area contributed by atoms with Crippen LogP contribution in [-0.4, -0.2) is 13.2 Å². The van der Waals surface area contributed by atoms with Crippen molar-refractivity contribution in [3.8, 4) is 5.75 Å². The highest BCUT2D eigenvalue weighted by Gasteiger charge is 2.15. The molecular weight excluding hydrogens is 253 g/mol. The highest BCUT2D eigenvalue weighted by Crippen LogP contribution is 2.28. The van der Waals surface area contributed by atoms with E-state index in [1.807, 2.05) is 19.9 Å². The van der Waals surface area contributed by atoms with Gasteiger partial charge in [0.2, 0.25) is 0 Å².